The first-order valence-electron chi connectivity index (χ1n) is 17.6. The van der Waals surface area contributed by atoms with Gasteiger partial charge in [-0.3, -0.25) is 9.80 Å². The van der Waals surface area contributed by atoms with E-state index < -0.39 is 5.41 Å². The third kappa shape index (κ3) is 7.10. The number of aromatic hydroxyl groups is 1. The van der Waals surface area contributed by atoms with Crippen LogP contribution < -0.4 is 0 Å². The first kappa shape index (κ1) is 32.6. The van der Waals surface area contributed by atoms with Gasteiger partial charge in [0.05, 0.1) is 5.41 Å². The monoisotopic (exact) mass is 642 g/mol. The Morgan fingerprint density at radius 1 is 0.633 bits per heavy atom. The fourth-order valence-corrected chi connectivity index (χ4v) is 7.98. The van der Waals surface area contributed by atoms with Gasteiger partial charge in [-0.2, -0.15) is 0 Å². The van der Waals surface area contributed by atoms with E-state index in [2.05, 4.69) is 181 Å². The Morgan fingerprint density at radius 2 is 1.12 bits per heavy atom. The van der Waals surface area contributed by atoms with Gasteiger partial charge in [-0.25, -0.2) is 0 Å². The zero-order chi connectivity index (χ0) is 33.5. The lowest BCUT2D eigenvalue weighted by atomic mass is 9.64. The van der Waals surface area contributed by atoms with Gasteiger partial charge in [0.2, 0.25) is 0 Å². The van der Waals surface area contributed by atoms with E-state index in [0.29, 0.717) is 18.3 Å². The van der Waals surface area contributed by atoms with Crippen molar-refractivity contribution in [3.63, 3.8) is 0 Å². The van der Waals surface area contributed by atoms with Crippen molar-refractivity contribution in [2.24, 2.45) is 0 Å². The number of phenolic OH excluding ortho intramolecular Hbond substituents is 1. The summed E-state index contributed by atoms with van der Waals surface area (Å²) in [4.78, 5) is 5.21. The van der Waals surface area contributed by atoms with Crippen LogP contribution in [0.3, 0.4) is 0 Å². The summed E-state index contributed by atoms with van der Waals surface area (Å²) in [5.41, 5.74) is 8.34. The summed E-state index contributed by atoms with van der Waals surface area (Å²) in [5.74, 6) is 0.368. The number of benzene rings is 6. The van der Waals surface area contributed by atoms with Crippen LogP contribution in [0.5, 0.6) is 5.75 Å². The highest BCUT2D eigenvalue weighted by molar-refractivity contribution is 5.64. The Morgan fingerprint density at radius 3 is 1.65 bits per heavy atom. The minimum atomic E-state index is -0.711. The first-order chi connectivity index (χ1) is 24.1. The van der Waals surface area contributed by atoms with Gasteiger partial charge in [-0.05, 0) is 54.1 Å². The van der Waals surface area contributed by atoms with Crippen molar-refractivity contribution in [1.29, 1.82) is 0 Å². The smallest absolute Gasteiger partial charge is 0.124 e. The molecular formula is C46H46N2O. The molecule has 0 amide bonds. The van der Waals surface area contributed by atoms with Gasteiger partial charge in [-0.15, -0.1) is 0 Å². The van der Waals surface area contributed by atoms with E-state index in [0.717, 1.165) is 59.6 Å². The minimum absolute atomic E-state index is 0.368. The number of aryl methyl sites for hydroxylation is 1. The fraction of sp³-hybridized carbons (Fsp3) is 0.217. The molecule has 246 valence electrons. The molecular weight excluding hydrogens is 597 g/mol. The maximum absolute atomic E-state index is 12.6. The Hall–Kier alpha value is -4.96. The van der Waals surface area contributed by atoms with Crippen LogP contribution in [0.15, 0.2) is 164 Å². The van der Waals surface area contributed by atoms with Gasteiger partial charge in [0.1, 0.15) is 5.75 Å². The Kier molecular flexibility index (Phi) is 10.0. The van der Waals surface area contributed by atoms with Gasteiger partial charge < -0.3 is 5.11 Å². The van der Waals surface area contributed by atoms with Crippen LogP contribution in [-0.4, -0.2) is 34.0 Å². The van der Waals surface area contributed by atoms with E-state index >= 15 is 0 Å². The lowest BCUT2D eigenvalue weighted by molar-refractivity contribution is 0.155. The topological polar surface area (TPSA) is 26.7 Å². The predicted octanol–water partition coefficient (Wildman–Crippen LogP) is 9.75. The summed E-state index contributed by atoms with van der Waals surface area (Å²) in [6.45, 7) is 6.66. The number of likely N-dealkylation sites (tertiary alicyclic amines) is 1. The summed E-state index contributed by atoms with van der Waals surface area (Å²) in [7, 11) is 0. The van der Waals surface area contributed by atoms with Crippen molar-refractivity contribution in [3.05, 3.63) is 208 Å². The third-order valence-corrected chi connectivity index (χ3v) is 10.2. The first-order valence-corrected chi connectivity index (χ1v) is 17.6. The van der Waals surface area contributed by atoms with Gasteiger partial charge >= 0.3 is 0 Å². The average Bonchev–Trinajstić information content (AvgIpc) is 3.58. The Balaban J connectivity index is 1.31. The molecule has 0 unspecified atom stereocenters. The molecule has 1 saturated heterocycles. The highest BCUT2D eigenvalue weighted by Gasteiger charge is 2.41. The van der Waals surface area contributed by atoms with E-state index in [-0.39, 0.29) is 0 Å². The van der Waals surface area contributed by atoms with Crippen molar-refractivity contribution in [2.75, 3.05) is 13.1 Å². The lowest BCUT2D eigenvalue weighted by Gasteiger charge is -2.38. The second-order valence-corrected chi connectivity index (χ2v) is 13.6. The van der Waals surface area contributed by atoms with Crippen LogP contribution in [0.4, 0.5) is 0 Å². The predicted molar refractivity (Wildman–Crippen MR) is 202 cm³/mol. The number of nitrogens with zero attached hydrogens (tertiary/aromatic N) is 2. The number of rotatable bonds is 12. The molecule has 0 aliphatic carbocycles. The van der Waals surface area contributed by atoms with Crippen LogP contribution in [0.2, 0.25) is 0 Å². The molecule has 1 atom stereocenters. The summed E-state index contributed by atoms with van der Waals surface area (Å²) < 4.78 is 0. The average molecular weight is 643 g/mol. The van der Waals surface area contributed by atoms with Crippen molar-refractivity contribution in [2.45, 2.75) is 50.9 Å². The normalized spacial score (nSPS) is 15.1. The highest BCUT2D eigenvalue weighted by Crippen LogP contribution is 2.49. The van der Waals surface area contributed by atoms with Crippen molar-refractivity contribution >= 4 is 0 Å². The molecule has 1 aliphatic rings. The minimum Gasteiger partial charge on any atom is -0.507 e. The van der Waals surface area contributed by atoms with Gasteiger partial charge in [-0.1, -0.05) is 169 Å². The second kappa shape index (κ2) is 15.1. The quantitative estimate of drug-likeness (QED) is 0.135. The number of hydrogen-bond acceptors (Lipinski definition) is 3. The zero-order valence-electron chi connectivity index (χ0n) is 28.5. The van der Waals surface area contributed by atoms with Crippen molar-refractivity contribution in [1.82, 2.24) is 9.80 Å². The highest BCUT2D eigenvalue weighted by atomic mass is 16.3. The molecule has 0 bridgehead atoms. The Labute approximate surface area is 292 Å². The number of phenols is 1. The van der Waals surface area contributed by atoms with Crippen LogP contribution in [0, 0.1) is 6.92 Å². The molecule has 1 N–H and O–H groups in total. The molecule has 3 heteroatoms. The molecule has 6 aromatic rings. The molecule has 0 radical (unpaired) electrons. The molecule has 7 rings (SSSR count). The largest absolute Gasteiger partial charge is 0.507 e. The van der Waals surface area contributed by atoms with E-state index in [4.69, 9.17) is 0 Å². The van der Waals surface area contributed by atoms with E-state index in [1.165, 1.54) is 24.0 Å². The summed E-state index contributed by atoms with van der Waals surface area (Å²) >= 11 is 0. The fourth-order valence-electron chi connectivity index (χ4n) is 7.98. The summed E-state index contributed by atoms with van der Waals surface area (Å²) in [6, 6.07) is 58.5. The van der Waals surface area contributed by atoms with E-state index in [1.54, 1.807) is 0 Å². The lowest BCUT2D eigenvalue weighted by Crippen LogP contribution is -2.39. The van der Waals surface area contributed by atoms with Gasteiger partial charge in [0, 0.05) is 43.3 Å². The molecule has 49 heavy (non-hydrogen) atoms. The molecule has 3 nitrogen and oxygen atoms in total. The van der Waals surface area contributed by atoms with Crippen molar-refractivity contribution in [3.8, 4) is 5.75 Å². The summed E-state index contributed by atoms with van der Waals surface area (Å²) in [6.07, 6.45) is 2.40. The zero-order valence-corrected chi connectivity index (χ0v) is 28.5. The van der Waals surface area contributed by atoms with Crippen LogP contribution >= 0.6 is 0 Å². The molecule has 0 aromatic heterocycles. The molecule has 0 spiro atoms. The molecule has 0 saturated carbocycles. The second-order valence-electron chi connectivity index (χ2n) is 13.6. The third-order valence-electron chi connectivity index (χ3n) is 10.2. The molecule has 1 heterocycles. The van der Waals surface area contributed by atoms with Crippen LogP contribution in [0.25, 0.3) is 0 Å². The van der Waals surface area contributed by atoms with E-state index in [9.17, 15) is 5.11 Å². The summed E-state index contributed by atoms with van der Waals surface area (Å²) in [5, 5.41) is 12.6. The molecule has 1 aliphatic heterocycles. The van der Waals surface area contributed by atoms with Gasteiger partial charge in [0.15, 0.2) is 0 Å². The molecule has 1 fully saturated rings. The van der Waals surface area contributed by atoms with Crippen LogP contribution in [-0.2, 0) is 25.0 Å². The standard InChI is InChI=1S/C46H46N2O/c1-36-30-39(34-47(32-37-18-7-2-8-19-37)35-43-28-17-29-48(43)33-38-20-9-3-10-21-38)45(49)44(31-36)46(40-22-11-4-12-23-40,41-24-13-5-14-25-41)42-26-15-6-16-27-42/h2-16,18-27,30-31,43,49H,17,28-29,32-35H2,1H3/t43-/m1/s1. The van der Waals surface area contributed by atoms with Crippen molar-refractivity contribution < 1.29 is 5.11 Å². The SMILES string of the molecule is Cc1cc(CN(Cc2ccccc2)C[C@H]2CCCN2Cc2ccccc2)c(O)c(C(c2ccccc2)(c2ccccc2)c2ccccc2)c1. The number of hydrogen-bond donors (Lipinski definition) is 1. The molecule has 6 aromatic carbocycles. The maximum Gasteiger partial charge on any atom is 0.124 e. The van der Waals surface area contributed by atoms with Crippen LogP contribution in [0.1, 0.15) is 57.3 Å². The van der Waals surface area contributed by atoms with E-state index in [1.807, 2.05) is 0 Å². The maximum atomic E-state index is 12.6. The van der Waals surface area contributed by atoms with Gasteiger partial charge in [0.25, 0.3) is 0 Å². The Bertz CT molecular complexity index is 1810.